The second-order valence-electron chi connectivity index (χ2n) is 4.75. The summed E-state index contributed by atoms with van der Waals surface area (Å²) < 4.78 is 18.5. The van der Waals surface area contributed by atoms with Crippen molar-refractivity contribution in [3.63, 3.8) is 0 Å². The maximum absolute atomic E-state index is 13.0. The molecule has 0 saturated heterocycles. The molecule has 3 heteroatoms. The lowest BCUT2D eigenvalue weighted by molar-refractivity contribution is 0.124. The van der Waals surface area contributed by atoms with Gasteiger partial charge in [-0.2, -0.15) is 0 Å². The highest BCUT2D eigenvalue weighted by molar-refractivity contribution is 5.19. The van der Waals surface area contributed by atoms with Gasteiger partial charge in [0.1, 0.15) is 5.82 Å². The second kappa shape index (κ2) is 6.12. The Hall–Kier alpha value is -0.930. The number of halogens is 1. The Labute approximate surface area is 102 Å². The van der Waals surface area contributed by atoms with Crippen molar-refractivity contribution in [3.05, 3.63) is 35.6 Å². The third-order valence-electron chi connectivity index (χ3n) is 3.10. The lowest BCUT2D eigenvalue weighted by Crippen LogP contribution is -2.23. The van der Waals surface area contributed by atoms with Crippen molar-refractivity contribution in [1.82, 2.24) is 5.32 Å². The van der Waals surface area contributed by atoms with Crippen molar-refractivity contribution in [2.24, 2.45) is 5.92 Å². The van der Waals surface area contributed by atoms with Gasteiger partial charge in [0.05, 0.1) is 6.61 Å². The predicted octanol–water partition coefficient (Wildman–Crippen LogP) is 2.90. The lowest BCUT2D eigenvalue weighted by atomic mass is 10.1. The Kier molecular flexibility index (Phi) is 4.51. The van der Waals surface area contributed by atoms with Gasteiger partial charge in [0, 0.05) is 19.2 Å². The van der Waals surface area contributed by atoms with E-state index in [9.17, 15) is 4.39 Å². The zero-order chi connectivity index (χ0) is 12.1. The molecule has 0 heterocycles. The molecular formula is C14H20FNO. The maximum Gasteiger partial charge on any atom is 0.123 e. The van der Waals surface area contributed by atoms with E-state index in [1.54, 1.807) is 12.1 Å². The van der Waals surface area contributed by atoms with E-state index in [1.165, 1.54) is 18.9 Å². The van der Waals surface area contributed by atoms with Crippen LogP contribution in [0.1, 0.15) is 31.4 Å². The Balaban J connectivity index is 1.63. The van der Waals surface area contributed by atoms with Crippen LogP contribution < -0.4 is 5.32 Å². The zero-order valence-electron chi connectivity index (χ0n) is 10.3. The molecule has 17 heavy (non-hydrogen) atoms. The third kappa shape index (κ3) is 4.44. The average molecular weight is 237 g/mol. The molecule has 0 bridgehead atoms. The molecule has 1 aromatic rings. The molecule has 0 spiro atoms. The maximum atomic E-state index is 13.0. The molecule has 1 aromatic carbocycles. The van der Waals surface area contributed by atoms with Crippen LogP contribution in [0.5, 0.6) is 0 Å². The molecule has 1 aliphatic rings. The summed E-state index contributed by atoms with van der Waals surface area (Å²) in [6, 6.07) is 6.88. The highest BCUT2D eigenvalue weighted by Gasteiger charge is 2.20. The molecule has 1 saturated carbocycles. The number of ether oxygens (including phenoxy) is 1. The quantitative estimate of drug-likeness (QED) is 0.736. The highest BCUT2D eigenvalue weighted by atomic mass is 19.1. The van der Waals surface area contributed by atoms with E-state index in [0.29, 0.717) is 0 Å². The molecule has 1 aliphatic carbocycles. The van der Waals surface area contributed by atoms with Crippen molar-refractivity contribution in [2.75, 3.05) is 19.8 Å². The van der Waals surface area contributed by atoms with E-state index in [1.807, 2.05) is 13.0 Å². The van der Waals surface area contributed by atoms with Crippen LogP contribution in [0, 0.1) is 11.7 Å². The molecule has 1 fully saturated rings. The summed E-state index contributed by atoms with van der Waals surface area (Å²) >= 11 is 0. The van der Waals surface area contributed by atoms with Crippen LogP contribution in [0.2, 0.25) is 0 Å². The first-order chi connectivity index (χ1) is 8.25. The van der Waals surface area contributed by atoms with Gasteiger partial charge in [-0.05, 0) is 43.4 Å². The van der Waals surface area contributed by atoms with Crippen LogP contribution >= 0.6 is 0 Å². The number of hydrogen-bond acceptors (Lipinski definition) is 2. The van der Waals surface area contributed by atoms with Gasteiger partial charge in [-0.3, -0.25) is 0 Å². The summed E-state index contributed by atoms with van der Waals surface area (Å²) in [6.45, 7) is 4.48. The van der Waals surface area contributed by atoms with Crippen molar-refractivity contribution in [1.29, 1.82) is 0 Å². The van der Waals surface area contributed by atoms with Crippen molar-refractivity contribution in [3.8, 4) is 0 Å². The van der Waals surface area contributed by atoms with Crippen LogP contribution in [0.15, 0.2) is 24.3 Å². The number of nitrogens with one attached hydrogen (secondary N) is 1. The molecule has 1 unspecified atom stereocenters. The largest absolute Gasteiger partial charge is 0.380 e. The Morgan fingerprint density at radius 3 is 3.00 bits per heavy atom. The van der Waals surface area contributed by atoms with Crippen molar-refractivity contribution in [2.45, 2.75) is 25.8 Å². The molecule has 2 nitrogen and oxygen atoms in total. The van der Waals surface area contributed by atoms with Gasteiger partial charge in [0.2, 0.25) is 0 Å². The molecule has 2 rings (SSSR count). The Morgan fingerprint density at radius 1 is 1.47 bits per heavy atom. The monoisotopic (exact) mass is 237 g/mol. The SMILES string of the molecule is CC(NCCOCC1CC1)c1cccc(F)c1. The third-order valence-corrected chi connectivity index (χ3v) is 3.10. The van der Waals surface area contributed by atoms with E-state index in [2.05, 4.69) is 5.32 Å². The highest BCUT2D eigenvalue weighted by Crippen LogP contribution is 2.28. The molecule has 94 valence electrons. The van der Waals surface area contributed by atoms with Crippen molar-refractivity contribution < 1.29 is 9.13 Å². The normalized spacial score (nSPS) is 17.1. The van der Waals surface area contributed by atoms with Gasteiger partial charge in [0.25, 0.3) is 0 Å². The first kappa shape index (κ1) is 12.5. The molecule has 0 radical (unpaired) electrons. The lowest BCUT2D eigenvalue weighted by Gasteiger charge is -2.14. The van der Waals surface area contributed by atoms with Crippen LogP contribution in [0.3, 0.4) is 0 Å². The fourth-order valence-corrected chi connectivity index (χ4v) is 1.78. The first-order valence-corrected chi connectivity index (χ1v) is 6.32. The number of benzene rings is 1. The van der Waals surface area contributed by atoms with Crippen molar-refractivity contribution >= 4 is 0 Å². The summed E-state index contributed by atoms with van der Waals surface area (Å²) in [5.74, 6) is 0.636. The fourth-order valence-electron chi connectivity index (χ4n) is 1.78. The minimum absolute atomic E-state index is 0.162. The number of rotatable bonds is 7. The summed E-state index contributed by atoms with van der Waals surface area (Å²) in [4.78, 5) is 0. The topological polar surface area (TPSA) is 21.3 Å². The first-order valence-electron chi connectivity index (χ1n) is 6.32. The summed E-state index contributed by atoms with van der Waals surface area (Å²) in [7, 11) is 0. The van der Waals surface area contributed by atoms with Gasteiger partial charge < -0.3 is 10.1 Å². The zero-order valence-corrected chi connectivity index (χ0v) is 10.3. The van der Waals surface area contributed by atoms with Gasteiger partial charge in [-0.25, -0.2) is 4.39 Å². The standard InChI is InChI=1S/C14H20FNO/c1-11(13-3-2-4-14(15)9-13)16-7-8-17-10-12-5-6-12/h2-4,9,11-12,16H,5-8,10H2,1H3. The minimum Gasteiger partial charge on any atom is -0.380 e. The molecule has 0 aliphatic heterocycles. The predicted molar refractivity (Wildman–Crippen MR) is 66.4 cm³/mol. The Bertz CT molecular complexity index is 352. The van der Waals surface area contributed by atoms with E-state index in [-0.39, 0.29) is 11.9 Å². The smallest absolute Gasteiger partial charge is 0.123 e. The van der Waals surface area contributed by atoms with E-state index in [0.717, 1.165) is 31.2 Å². The molecule has 1 N–H and O–H groups in total. The summed E-state index contributed by atoms with van der Waals surface area (Å²) in [6.07, 6.45) is 2.65. The van der Waals surface area contributed by atoms with Crippen LogP contribution in [0.4, 0.5) is 4.39 Å². The molecule has 1 atom stereocenters. The van der Waals surface area contributed by atoms with Gasteiger partial charge in [-0.15, -0.1) is 0 Å². The summed E-state index contributed by atoms with van der Waals surface area (Å²) in [5, 5.41) is 3.33. The average Bonchev–Trinajstić information content (AvgIpc) is 3.12. The van der Waals surface area contributed by atoms with E-state index < -0.39 is 0 Å². The minimum atomic E-state index is -0.180. The van der Waals surface area contributed by atoms with Crippen LogP contribution in [0.25, 0.3) is 0 Å². The molecule has 0 amide bonds. The van der Waals surface area contributed by atoms with E-state index >= 15 is 0 Å². The van der Waals surface area contributed by atoms with E-state index in [4.69, 9.17) is 4.74 Å². The van der Waals surface area contributed by atoms with Crippen LogP contribution in [-0.4, -0.2) is 19.8 Å². The van der Waals surface area contributed by atoms with Gasteiger partial charge >= 0.3 is 0 Å². The second-order valence-corrected chi connectivity index (χ2v) is 4.75. The summed E-state index contributed by atoms with van der Waals surface area (Å²) in [5.41, 5.74) is 0.979. The van der Waals surface area contributed by atoms with Gasteiger partial charge in [-0.1, -0.05) is 12.1 Å². The molecule has 0 aromatic heterocycles. The fraction of sp³-hybridized carbons (Fsp3) is 0.571. The molecular weight excluding hydrogens is 217 g/mol. The Morgan fingerprint density at radius 2 is 2.29 bits per heavy atom. The van der Waals surface area contributed by atoms with Gasteiger partial charge in [0.15, 0.2) is 0 Å². The van der Waals surface area contributed by atoms with Crippen LogP contribution in [-0.2, 0) is 4.74 Å². The number of hydrogen-bond donors (Lipinski definition) is 1.